The average Bonchev–Trinajstić information content (AvgIpc) is 2.81. The number of Topliss-reactive ketones (excluding diaryl/α,β-unsaturated/α-hetero) is 1. The largest absolute Gasteiger partial charge is 0.416 e. The van der Waals surface area contributed by atoms with E-state index in [2.05, 4.69) is 36.9 Å². The first kappa shape index (κ1) is 24.1. The van der Waals surface area contributed by atoms with E-state index in [1.165, 1.54) is 17.7 Å². The van der Waals surface area contributed by atoms with Crippen molar-refractivity contribution in [2.45, 2.75) is 52.1 Å². The molecule has 3 aromatic carbocycles. The Morgan fingerprint density at radius 2 is 1.68 bits per heavy atom. The number of anilines is 2. The minimum absolute atomic E-state index is 0.100. The van der Waals surface area contributed by atoms with Crippen LogP contribution in [0.5, 0.6) is 0 Å². The molecule has 1 atom stereocenters. The molecule has 1 aliphatic rings. The van der Waals surface area contributed by atoms with Gasteiger partial charge in [0.05, 0.1) is 5.56 Å². The zero-order valence-electron chi connectivity index (χ0n) is 19.8. The molecule has 5 heteroatoms. The van der Waals surface area contributed by atoms with Gasteiger partial charge in [-0.05, 0) is 84.7 Å². The van der Waals surface area contributed by atoms with E-state index < -0.39 is 11.7 Å². The van der Waals surface area contributed by atoms with Crippen LogP contribution in [0.2, 0.25) is 0 Å². The van der Waals surface area contributed by atoms with Crippen LogP contribution in [0, 0.1) is 5.92 Å². The fourth-order valence-electron chi connectivity index (χ4n) is 4.82. The number of benzene rings is 3. The highest BCUT2D eigenvalue weighted by Gasteiger charge is 2.30. The summed E-state index contributed by atoms with van der Waals surface area (Å²) in [6.45, 7) is 6.66. The number of fused-ring (bicyclic) bond motifs is 1. The number of nitrogens with zero attached hydrogens (tertiary/aromatic N) is 1. The molecule has 0 amide bonds. The molecule has 0 bridgehead atoms. The number of hydrogen-bond donors (Lipinski definition) is 0. The number of para-hydroxylation sites is 1. The third-order valence-electron chi connectivity index (χ3n) is 6.51. The van der Waals surface area contributed by atoms with E-state index in [1.807, 2.05) is 24.3 Å². The Morgan fingerprint density at radius 3 is 2.32 bits per heavy atom. The van der Waals surface area contributed by atoms with Crippen LogP contribution >= 0.6 is 0 Å². The van der Waals surface area contributed by atoms with Crippen molar-refractivity contribution in [3.63, 3.8) is 0 Å². The van der Waals surface area contributed by atoms with E-state index in [0.717, 1.165) is 60.4 Å². The molecule has 0 aromatic heterocycles. The van der Waals surface area contributed by atoms with Crippen molar-refractivity contribution in [3.8, 4) is 11.1 Å². The van der Waals surface area contributed by atoms with Gasteiger partial charge >= 0.3 is 6.18 Å². The van der Waals surface area contributed by atoms with Crippen molar-refractivity contribution in [1.82, 2.24) is 0 Å². The van der Waals surface area contributed by atoms with Gasteiger partial charge < -0.3 is 4.90 Å². The van der Waals surface area contributed by atoms with E-state index >= 15 is 0 Å². The SMILES string of the molecule is CC(=O)C(CC(C)C)c1cc(-c2ccc(C(F)(F)F)cc2)cc(N2CCCc3ccccc32)c1. The lowest BCUT2D eigenvalue weighted by Gasteiger charge is -2.32. The molecular formula is C29H30F3NO. The Morgan fingerprint density at radius 1 is 0.971 bits per heavy atom. The normalized spacial score (nSPS) is 14.7. The smallest absolute Gasteiger partial charge is 0.341 e. The maximum absolute atomic E-state index is 13.1. The molecule has 3 aromatic rings. The lowest BCUT2D eigenvalue weighted by molar-refractivity contribution is -0.137. The van der Waals surface area contributed by atoms with E-state index in [4.69, 9.17) is 0 Å². The number of alkyl halides is 3. The van der Waals surface area contributed by atoms with Crippen LogP contribution in [-0.4, -0.2) is 12.3 Å². The molecule has 0 spiro atoms. The predicted octanol–water partition coefficient (Wildman–Crippen LogP) is 8.18. The Kier molecular flexibility index (Phi) is 6.83. The number of halogens is 3. The van der Waals surface area contributed by atoms with Crippen molar-refractivity contribution in [2.75, 3.05) is 11.4 Å². The Hall–Kier alpha value is -3.08. The minimum atomic E-state index is -4.37. The molecule has 0 aliphatic carbocycles. The lowest BCUT2D eigenvalue weighted by Crippen LogP contribution is -2.24. The summed E-state index contributed by atoms with van der Waals surface area (Å²) in [6, 6.07) is 19.7. The highest BCUT2D eigenvalue weighted by Crippen LogP contribution is 2.39. The highest BCUT2D eigenvalue weighted by atomic mass is 19.4. The average molecular weight is 466 g/mol. The summed E-state index contributed by atoms with van der Waals surface area (Å²) in [5, 5.41) is 0. The quantitative estimate of drug-likeness (QED) is 0.366. The maximum Gasteiger partial charge on any atom is 0.416 e. The van der Waals surface area contributed by atoms with Gasteiger partial charge in [-0.25, -0.2) is 0 Å². The molecular weight excluding hydrogens is 435 g/mol. The number of ketones is 1. The van der Waals surface area contributed by atoms with Crippen LogP contribution in [0.15, 0.2) is 66.7 Å². The second-order valence-electron chi connectivity index (χ2n) is 9.57. The van der Waals surface area contributed by atoms with Crippen LogP contribution in [0.3, 0.4) is 0 Å². The Labute approximate surface area is 199 Å². The van der Waals surface area contributed by atoms with Crippen LogP contribution in [0.25, 0.3) is 11.1 Å². The summed E-state index contributed by atoms with van der Waals surface area (Å²) < 4.78 is 39.3. The first-order valence-electron chi connectivity index (χ1n) is 11.8. The monoisotopic (exact) mass is 465 g/mol. The third kappa shape index (κ3) is 5.19. The van der Waals surface area contributed by atoms with Crippen LogP contribution in [0.1, 0.15) is 56.2 Å². The fourth-order valence-corrected chi connectivity index (χ4v) is 4.82. The van der Waals surface area contributed by atoms with Crippen LogP contribution in [-0.2, 0) is 17.4 Å². The fraction of sp³-hybridized carbons (Fsp3) is 0.345. The zero-order valence-corrected chi connectivity index (χ0v) is 19.8. The summed E-state index contributed by atoms with van der Waals surface area (Å²) >= 11 is 0. The first-order chi connectivity index (χ1) is 16.1. The van der Waals surface area contributed by atoms with E-state index in [1.54, 1.807) is 6.92 Å². The molecule has 2 nitrogen and oxygen atoms in total. The van der Waals surface area contributed by atoms with E-state index in [9.17, 15) is 18.0 Å². The molecule has 0 saturated carbocycles. The van der Waals surface area contributed by atoms with Gasteiger partial charge in [0.1, 0.15) is 5.78 Å². The summed E-state index contributed by atoms with van der Waals surface area (Å²) in [6.07, 6.45) is -1.62. The second kappa shape index (κ2) is 9.65. The summed E-state index contributed by atoms with van der Waals surface area (Å²) in [4.78, 5) is 14.9. The zero-order chi connectivity index (χ0) is 24.5. The standard InChI is InChI=1S/C29H30F3NO/c1-19(2)15-27(20(3)34)24-16-23(21-10-12-25(13-11-21)29(30,31)32)17-26(18-24)33-14-6-8-22-7-4-5-9-28(22)33/h4-5,7,9-13,16-19,27H,6,8,14-15H2,1-3H3. The van der Waals surface area contributed by atoms with Gasteiger partial charge in [0.2, 0.25) is 0 Å². The van der Waals surface area contributed by atoms with E-state index in [0.29, 0.717) is 11.5 Å². The van der Waals surface area contributed by atoms with Crippen LogP contribution < -0.4 is 4.90 Å². The molecule has 178 valence electrons. The van der Waals surface area contributed by atoms with Gasteiger partial charge in [-0.2, -0.15) is 13.2 Å². The van der Waals surface area contributed by atoms with Gasteiger partial charge in [0.25, 0.3) is 0 Å². The Balaban J connectivity index is 1.84. The van der Waals surface area contributed by atoms with Gasteiger partial charge in [0, 0.05) is 23.8 Å². The maximum atomic E-state index is 13.1. The van der Waals surface area contributed by atoms with Crippen molar-refractivity contribution in [3.05, 3.63) is 83.4 Å². The first-order valence-corrected chi connectivity index (χ1v) is 11.8. The number of carbonyl (C=O) groups is 1. The number of carbonyl (C=O) groups excluding carboxylic acids is 1. The van der Waals surface area contributed by atoms with Crippen molar-refractivity contribution in [1.29, 1.82) is 0 Å². The van der Waals surface area contributed by atoms with Gasteiger partial charge in [-0.1, -0.05) is 50.2 Å². The molecule has 0 saturated heterocycles. The minimum Gasteiger partial charge on any atom is -0.341 e. The summed E-state index contributed by atoms with van der Waals surface area (Å²) in [7, 11) is 0. The molecule has 0 radical (unpaired) electrons. The van der Waals surface area contributed by atoms with E-state index in [-0.39, 0.29) is 11.7 Å². The van der Waals surface area contributed by atoms with Crippen molar-refractivity contribution < 1.29 is 18.0 Å². The molecule has 1 heterocycles. The molecule has 0 N–H and O–H groups in total. The van der Waals surface area contributed by atoms with Gasteiger partial charge in [-0.3, -0.25) is 4.79 Å². The molecule has 34 heavy (non-hydrogen) atoms. The summed E-state index contributed by atoms with van der Waals surface area (Å²) in [5.41, 5.74) is 5.16. The van der Waals surface area contributed by atoms with Crippen molar-refractivity contribution >= 4 is 17.2 Å². The van der Waals surface area contributed by atoms with Crippen molar-refractivity contribution in [2.24, 2.45) is 5.92 Å². The highest BCUT2D eigenvalue weighted by molar-refractivity contribution is 5.85. The molecule has 4 rings (SSSR count). The van der Waals surface area contributed by atoms with Crippen LogP contribution in [0.4, 0.5) is 24.5 Å². The molecule has 1 aliphatic heterocycles. The molecule has 1 unspecified atom stereocenters. The van der Waals surface area contributed by atoms with Gasteiger partial charge in [-0.15, -0.1) is 0 Å². The Bertz CT molecular complexity index is 1160. The molecule has 0 fully saturated rings. The topological polar surface area (TPSA) is 20.3 Å². The second-order valence-corrected chi connectivity index (χ2v) is 9.57. The number of aryl methyl sites for hydroxylation is 1. The summed E-state index contributed by atoms with van der Waals surface area (Å²) in [5.74, 6) is 0.180. The number of hydrogen-bond acceptors (Lipinski definition) is 2. The van der Waals surface area contributed by atoms with Gasteiger partial charge in [0.15, 0.2) is 0 Å². The predicted molar refractivity (Wildman–Crippen MR) is 132 cm³/mol. The lowest BCUT2D eigenvalue weighted by atomic mass is 9.85. The third-order valence-corrected chi connectivity index (χ3v) is 6.51. The number of rotatable bonds is 6.